The zero-order valence-electron chi connectivity index (χ0n) is 21.7. The van der Waals surface area contributed by atoms with Crippen LogP contribution in [0.4, 0.5) is 4.79 Å². The molecule has 0 aliphatic heterocycles. The molecule has 0 spiro atoms. The number of ether oxygens (including phenoxy) is 2. The maximum absolute atomic E-state index is 12.4. The van der Waals surface area contributed by atoms with Crippen molar-refractivity contribution in [2.24, 2.45) is 5.41 Å². The molecule has 2 N–H and O–H groups in total. The standard InChI is InChI=1S/C25H42N2O4.CO2/c1-24(2,3)21(17-16-19-13-9-8-10-14-19)27-20(22(28)30-7)15-11-12-18-26-23(29)31-25(4,5)6;2-1-3/h8-10,13-14,20-21,27H,11-12,15-18H2,1-7H3,(H,26,29);/t20-,21-;/m0./s1. The second-order valence-corrected chi connectivity index (χ2v) is 10.2. The third-order valence-corrected chi connectivity index (χ3v) is 5.09. The summed E-state index contributed by atoms with van der Waals surface area (Å²) in [5.41, 5.74) is 0.784. The van der Waals surface area contributed by atoms with E-state index >= 15 is 0 Å². The topological polar surface area (TPSA) is 111 Å². The fraction of sp³-hybridized carbons (Fsp3) is 0.654. The highest BCUT2D eigenvalue weighted by Crippen LogP contribution is 2.24. The van der Waals surface area contributed by atoms with Gasteiger partial charge in [-0.2, -0.15) is 9.59 Å². The van der Waals surface area contributed by atoms with Crippen LogP contribution < -0.4 is 10.6 Å². The molecule has 0 saturated carbocycles. The number of esters is 1. The smallest absolute Gasteiger partial charge is 0.407 e. The molecule has 0 heterocycles. The first-order valence-electron chi connectivity index (χ1n) is 11.7. The van der Waals surface area contributed by atoms with E-state index < -0.39 is 11.7 Å². The van der Waals surface area contributed by atoms with Crippen molar-refractivity contribution in [2.45, 2.75) is 91.3 Å². The molecule has 1 aromatic rings. The van der Waals surface area contributed by atoms with Crippen molar-refractivity contribution in [1.82, 2.24) is 10.6 Å². The van der Waals surface area contributed by atoms with Crippen LogP contribution in [0.25, 0.3) is 0 Å². The van der Waals surface area contributed by atoms with Gasteiger partial charge in [0.1, 0.15) is 11.6 Å². The molecule has 0 aromatic heterocycles. The summed E-state index contributed by atoms with van der Waals surface area (Å²) >= 11 is 0. The minimum Gasteiger partial charge on any atom is -0.468 e. The second-order valence-electron chi connectivity index (χ2n) is 10.2. The number of hydrogen-bond donors (Lipinski definition) is 2. The quantitative estimate of drug-likeness (QED) is 0.361. The molecule has 0 aliphatic rings. The highest BCUT2D eigenvalue weighted by molar-refractivity contribution is 5.75. The number of methoxy groups -OCH3 is 1. The van der Waals surface area contributed by atoms with Crippen molar-refractivity contribution in [2.75, 3.05) is 13.7 Å². The van der Waals surface area contributed by atoms with Gasteiger partial charge in [0.15, 0.2) is 0 Å². The van der Waals surface area contributed by atoms with Gasteiger partial charge < -0.3 is 20.1 Å². The second kappa shape index (κ2) is 16.0. The van der Waals surface area contributed by atoms with Crippen LogP contribution >= 0.6 is 0 Å². The average molecular weight is 479 g/mol. The largest absolute Gasteiger partial charge is 0.468 e. The van der Waals surface area contributed by atoms with Gasteiger partial charge in [-0.1, -0.05) is 51.1 Å². The Bertz CT molecular complexity index is 747. The molecule has 8 heteroatoms. The lowest BCUT2D eigenvalue weighted by molar-refractivity contribution is -0.191. The number of benzene rings is 1. The summed E-state index contributed by atoms with van der Waals surface area (Å²) in [5, 5.41) is 6.32. The van der Waals surface area contributed by atoms with Crippen LogP contribution in [0.2, 0.25) is 0 Å². The molecule has 0 saturated heterocycles. The maximum atomic E-state index is 12.4. The number of alkyl carbamates (subject to hydrolysis) is 1. The molecule has 0 bridgehead atoms. The number of unbranched alkanes of at least 4 members (excludes halogenated alkanes) is 1. The van der Waals surface area contributed by atoms with Crippen LogP contribution in [-0.4, -0.2) is 49.6 Å². The minimum atomic E-state index is -0.508. The zero-order valence-corrected chi connectivity index (χ0v) is 21.7. The van der Waals surface area contributed by atoms with Crippen molar-refractivity contribution in [3.8, 4) is 0 Å². The highest BCUT2D eigenvalue weighted by atomic mass is 16.6. The van der Waals surface area contributed by atoms with E-state index in [-0.39, 0.29) is 29.6 Å². The van der Waals surface area contributed by atoms with Crippen molar-refractivity contribution >= 4 is 18.2 Å². The normalized spacial score (nSPS) is 12.9. The van der Waals surface area contributed by atoms with Gasteiger partial charge in [-0.3, -0.25) is 4.79 Å². The van der Waals surface area contributed by atoms with Crippen LogP contribution in [0.3, 0.4) is 0 Å². The minimum absolute atomic E-state index is 0.000673. The fourth-order valence-corrected chi connectivity index (χ4v) is 3.35. The van der Waals surface area contributed by atoms with Gasteiger partial charge in [0, 0.05) is 12.6 Å². The van der Waals surface area contributed by atoms with E-state index in [1.165, 1.54) is 12.7 Å². The lowest BCUT2D eigenvalue weighted by Gasteiger charge is -2.34. The number of carbonyl (C=O) groups is 2. The third kappa shape index (κ3) is 15.2. The number of nitrogens with one attached hydrogen (secondary N) is 2. The van der Waals surface area contributed by atoms with E-state index in [2.05, 4.69) is 55.7 Å². The van der Waals surface area contributed by atoms with Gasteiger partial charge in [-0.05, 0) is 63.9 Å². The van der Waals surface area contributed by atoms with Crippen molar-refractivity contribution in [3.05, 3.63) is 35.9 Å². The monoisotopic (exact) mass is 478 g/mol. The summed E-state index contributed by atoms with van der Waals surface area (Å²) in [5.74, 6) is -0.242. The van der Waals surface area contributed by atoms with Crippen molar-refractivity contribution in [1.29, 1.82) is 0 Å². The van der Waals surface area contributed by atoms with Gasteiger partial charge in [-0.25, -0.2) is 4.79 Å². The van der Waals surface area contributed by atoms with Gasteiger partial charge in [0.25, 0.3) is 0 Å². The Labute approximate surface area is 204 Å². The van der Waals surface area contributed by atoms with E-state index in [4.69, 9.17) is 19.1 Å². The Morgan fingerprint density at radius 1 is 0.971 bits per heavy atom. The van der Waals surface area contributed by atoms with E-state index in [0.29, 0.717) is 13.0 Å². The molecular formula is C26H42N2O6. The molecular weight excluding hydrogens is 436 g/mol. The fourth-order valence-electron chi connectivity index (χ4n) is 3.35. The summed E-state index contributed by atoms with van der Waals surface area (Å²) < 4.78 is 10.3. The summed E-state index contributed by atoms with van der Waals surface area (Å²) in [6.45, 7) is 12.6. The molecule has 1 amide bonds. The predicted octanol–water partition coefficient (Wildman–Crippen LogP) is 4.28. The average Bonchev–Trinajstić information content (AvgIpc) is 2.73. The number of carbonyl (C=O) groups excluding carboxylic acids is 4. The van der Waals surface area contributed by atoms with E-state index in [0.717, 1.165) is 25.7 Å². The summed E-state index contributed by atoms with van der Waals surface area (Å²) in [6.07, 6.45) is 3.92. The first-order valence-corrected chi connectivity index (χ1v) is 11.7. The molecule has 34 heavy (non-hydrogen) atoms. The molecule has 0 aliphatic carbocycles. The molecule has 1 rings (SSSR count). The molecule has 0 radical (unpaired) electrons. The third-order valence-electron chi connectivity index (χ3n) is 5.09. The van der Waals surface area contributed by atoms with Crippen molar-refractivity contribution in [3.63, 3.8) is 0 Å². The zero-order chi connectivity index (χ0) is 26.2. The molecule has 0 unspecified atom stereocenters. The van der Waals surface area contributed by atoms with Crippen LogP contribution in [0.5, 0.6) is 0 Å². The van der Waals surface area contributed by atoms with Gasteiger partial charge in [-0.15, -0.1) is 0 Å². The van der Waals surface area contributed by atoms with Crippen LogP contribution in [-0.2, 0) is 30.3 Å². The molecule has 2 atom stereocenters. The first-order chi connectivity index (χ1) is 15.8. The van der Waals surface area contributed by atoms with E-state index in [9.17, 15) is 9.59 Å². The van der Waals surface area contributed by atoms with Gasteiger partial charge in [0.05, 0.1) is 7.11 Å². The Kier molecular flexibility index (Phi) is 14.7. The van der Waals surface area contributed by atoms with Gasteiger partial charge >= 0.3 is 18.2 Å². The Morgan fingerprint density at radius 2 is 1.56 bits per heavy atom. The Balaban J connectivity index is 0.00000343. The van der Waals surface area contributed by atoms with E-state index in [1.807, 2.05) is 26.8 Å². The maximum Gasteiger partial charge on any atom is 0.407 e. The highest BCUT2D eigenvalue weighted by Gasteiger charge is 2.29. The summed E-state index contributed by atoms with van der Waals surface area (Å²) in [7, 11) is 1.43. The van der Waals surface area contributed by atoms with Gasteiger partial charge in [0.2, 0.25) is 0 Å². The number of rotatable bonds is 11. The van der Waals surface area contributed by atoms with Crippen molar-refractivity contribution < 1.29 is 28.7 Å². The summed E-state index contributed by atoms with van der Waals surface area (Å²) in [4.78, 5) is 40.4. The predicted molar refractivity (Wildman–Crippen MR) is 130 cm³/mol. The number of aryl methyl sites for hydroxylation is 1. The Hall–Kier alpha value is -2.70. The molecule has 8 nitrogen and oxygen atoms in total. The van der Waals surface area contributed by atoms with Crippen LogP contribution in [0.1, 0.15) is 72.8 Å². The first kappa shape index (κ1) is 31.3. The Morgan fingerprint density at radius 3 is 2.06 bits per heavy atom. The van der Waals surface area contributed by atoms with Crippen LogP contribution in [0.15, 0.2) is 30.3 Å². The number of hydrogen-bond acceptors (Lipinski definition) is 7. The van der Waals surface area contributed by atoms with E-state index in [1.54, 1.807) is 0 Å². The lowest BCUT2D eigenvalue weighted by Crippen LogP contribution is -2.49. The SMILES string of the molecule is COC(=O)[C@H](CCCCNC(=O)OC(C)(C)C)N[C@@H](CCc1ccccc1)C(C)(C)C.O=C=O. The molecule has 192 valence electrons. The number of amides is 1. The van der Waals surface area contributed by atoms with Crippen LogP contribution in [0, 0.1) is 5.41 Å². The molecule has 0 fully saturated rings. The lowest BCUT2D eigenvalue weighted by atomic mass is 9.82. The summed E-state index contributed by atoms with van der Waals surface area (Å²) in [6, 6.07) is 10.2. The molecule has 1 aromatic carbocycles.